The third-order valence-corrected chi connectivity index (χ3v) is 18.4. The monoisotopic (exact) mass is 1230 g/mol. The molecule has 0 aromatic rings. The number of aliphatic hydroxyl groups excluding tert-OH is 5. The van der Waals surface area contributed by atoms with Crippen LogP contribution in [-0.4, -0.2) is 99.6 Å². The molecule has 11 nitrogen and oxygen atoms in total. The first-order valence-electron chi connectivity index (χ1n) is 38.1. The Kier molecular flexibility index (Phi) is 61.4. The summed E-state index contributed by atoms with van der Waals surface area (Å²) in [5, 5.41) is 57.3. The predicted molar refractivity (Wildman–Crippen MR) is 366 cm³/mol. The van der Waals surface area contributed by atoms with Crippen LogP contribution >= 0.6 is 0 Å². The van der Waals surface area contributed by atoms with E-state index in [4.69, 9.17) is 14.2 Å². The van der Waals surface area contributed by atoms with Gasteiger partial charge in [-0.1, -0.05) is 353 Å². The summed E-state index contributed by atoms with van der Waals surface area (Å²) in [6, 6.07) is -1.02. The van der Waals surface area contributed by atoms with E-state index in [0.717, 1.165) is 57.8 Å². The Bertz CT molecular complexity index is 1510. The largest absolute Gasteiger partial charge is 0.454 e. The number of hydrogen-bond acceptors (Lipinski definition) is 10. The molecule has 1 amide bonds. The molecule has 6 N–H and O–H groups in total. The zero-order valence-corrected chi connectivity index (χ0v) is 57.4. The smallest absolute Gasteiger partial charge is 0.306 e. The summed E-state index contributed by atoms with van der Waals surface area (Å²) >= 11 is 0. The summed E-state index contributed by atoms with van der Waals surface area (Å²) in [5.41, 5.74) is 0. The average molecular weight is 1230 g/mol. The van der Waals surface area contributed by atoms with Crippen molar-refractivity contribution in [2.75, 3.05) is 13.2 Å². The lowest BCUT2D eigenvalue weighted by Gasteiger charge is -2.41. The van der Waals surface area contributed by atoms with Crippen molar-refractivity contribution in [1.29, 1.82) is 0 Å². The molecule has 87 heavy (non-hydrogen) atoms. The number of unbranched alkanes of at least 4 members (excludes halogenated alkanes) is 51. The molecule has 0 aliphatic carbocycles. The zero-order valence-electron chi connectivity index (χ0n) is 57.4. The summed E-state index contributed by atoms with van der Waals surface area (Å²) in [4.78, 5) is 26.7. The zero-order chi connectivity index (χ0) is 63.1. The van der Waals surface area contributed by atoms with Gasteiger partial charge in [-0.2, -0.15) is 0 Å². The van der Waals surface area contributed by atoms with E-state index in [0.29, 0.717) is 19.3 Å². The molecule has 8 unspecified atom stereocenters. The van der Waals surface area contributed by atoms with Crippen molar-refractivity contribution >= 4 is 11.9 Å². The summed E-state index contributed by atoms with van der Waals surface area (Å²) in [5.74, 6) is -1.17. The van der Waals surface area contributed by atoms with Gasteiger partial charge in [-0.25, -0.2) is 0 Å². The molecule has 1 rings (SSSR count). The summed E-state index contributed by atoms with van der Waals surface area (Å²) in [6.45, 7) is 5.85. The second kappa shape index (κ2) is 64.3. The number of nitrogens with one attached hydrogen (secondary N) is 1. The maximum Gasteiger partial charge on any atom is 0.306 e. The second-order valence-corrected chi connectivity index (χ2v) is 26.7. The summed E-state index contributed by atoms with van der Waals surface area (Å²) in [6.07, 6.45) is 68.1. The van der Waals surface area contributed by atoms with Crippen LogP contribution in [-0.2, 0) is 23.8 Å². The highest BCUT2D eigenvalue weighted by atomic mass is 16.7. The number of ether oxygens (including phenoxy) is 3. The van der Waals surface area contributed by atoms with E-state index in [1.54, 1.807) is 6.08 Å². The van der Waals surface area contributed by atoms with Gasteiger partial charge in [-0.3, -0.25) is 9.59 Å². The SMILES string of the molecule is CCCCCCCC/C=C/CCCCCCCCCCCCCCCCCC(=O)OC1C(OCC(NC(=O)C(O)CCCCCCCCCCCCCCCCCCCCCCCC)C(O)/C=C/CCCCCCCCCCC)OC(CO)C(O)C1O. The number of carbonyl (C=O) groups is 2. The molecule has 0 saturated carbocycles. The Labute approximate surface area is 537 Å². The molecule has 1 saturated heterocycles. The van der Waals surface area contributed by atoms with Crippen LogP contribution in [0.2, 0.25) is 0 Å². The Morgan fingerprint density at radius 1 is 0.437 bits per heavy atom. The predicted octanol–water partition coefficient (Wildman–Crippen LogP) is 20.0. The lowest BCUT2D eigenvalue weighted by atomic mass is 9.99. The Balaban J connectivity index is 2.49. The lowest BCUT2D eigenvalue weighted by molar-refractivity contribution is -0.305. The van der Waals surface area contributed by atoms with Gasteiger partial charge in [-0.05, 0) is 51.4 Å². The van der Waals surface area contributed by atoms with Crippen LogP contribution in [0.1, 0.15) is 387 Å². The van der Waals surface area contributed by atoms with Gasteiger partial charge in [0, 0.05) is 6.42 Å². The topological polar surface area (TPSA) is 175 Å². The maximum absolute atomic E-state index is 13.5. The van der Waals surface area contributed by atoms with Crippen molar-refractivity contribution in [3.05, 3.63) is 24.3 Å². The highest BCUT2D eigenvalue weighted by Crippen LogP contribution is 2.27. The molecule has 0 aromatic heterocycles. The van der Waals surface area contributed by atoms with Crippen LogP contribution < -0.4 is 5.32 Å². The van der Waals surface area contributed by atoms with Gasteiger partial charge < -0.3 is 45.1 Å². The molecule has 0 bridgehead atoms. The van der Waals surface area contributed by atoms with Crippen molar-refractivity contribution < 1.29 is 49.3 Å². The van der Waals surface area contributed by atoms with E-state index < -0.39 is 67.4 Å². The first-order chi connectivity index (χ1) is 42.7. The average Bonchev–Trinajstić information content (AvgIpc) is 3.12. The van der Waals surface area contributed by atoms with Gasteiger partial charge in [0.2, 0.25) is 5.91 Å². The lowest BCUT2D eigenvalue weighted by Crippen LogP contribution is -2.61. The number of esters is 1. The van der Waals surface area contributed by atoms with E-state index in [1.807, 2.05) is 6.08 Å². The number of carbonyl (C=O) groups excluding carboxylic acids is 2. The molecule has 0 radical (unpaired) electrons. The van der Waals surface area contributed by atoms with Gasteiger partial charge in [-0.15, -0.1) is 0 Å². The van der Waals surface area contributed by atoms with E-state index in [-0.39, 0.29) is 13.0 Å². The van der Waals surface area contributed by atoms with Crippen LogP contribution in [0.25, 0.3) is 0 Å². The van der Waals surface area contributed by atoms with Gasteiger partial charge in [0.1, 0.15) is 24.4 Å². The Hall–Kier alpha value is -1.86. The molecule has 11 heteroatoms. The summed E-state index contributed by atoms with van der Waals surface area (Å²) in [7, 11) is 0. The van der Waals surface area contributed by atoms with E-state index >= 15 is 0 Å². The second-order valence-electron chi connectivity index (χ2n) is 26.7. The molecular weight excluding hydrogens is 1090 g/mol. The van der Waals surface area contributed by atoms with Crippen LogP contribution in [0.3, 0.4) is 0 Å². The highest BCUT2D eigenvalue weighted by molar-refractivity contribution is 5.80. The van der Waals surface area contributed by atoms with E-state index in [1.165, 1.54) is 283 Å². The molecule has 1 aliphatic rings. The van der Waals surface area contributed by atoms with Crippen LogP contribution in [0.4, 0.5) is 0 Å². The van der Waals surface area contributed by atoms with Gasteiger partial charge >= 0.3 is 5.97 Å². The highest BCUT2D eigenvalue weighted by Gasteiger charge is 2.47. The third-order valence-electron chi connectivity index (χ3n) is 18.4. The molecule has 1 heterocycles. The fraction of sp³-hybridized carbons (Fsp3) is 0.921. The Morgan fingerprint density at radius 3 is 1.11 bits per heavy atom. The van der Waals surface area contributed by atoms with E-state index in [2.05, 4.69) is 38.2 Å². The van der Waals surface area contributed by atoms with Crippen molar-refractivity contribution in [3.8, 4) is 0 Å². The van der Waals surface area contributed by atoms with Crippen molar-refractivity contribution in [1.82, 2.24) is 5.32 Å². The van der Waals surface area contributed by atoms with Crippen LogP contribution in [0.5, 0.6) is 0 Å². The molecule has 8 atom stereocenters. The fourth-order valence-corrected chi connectivity index (χ4v) is 12.4. The molecule has 1 fully saturated rings. The third kappa shape index (κ3) is 51.4. The number of amides is 1. The first kappa shape index (κ1) is 83.2. The molecule has 0 spiro atoms. The fourth-order valence-electron chi connectivity index (χ4n) is 12.4. The van der Waals surface area contributed by atoms with E-state index in [9.17, 15) is 35.1 Å². The van der Waals surface area contributed by atoms with Crippen molar-refractivity contribution in [3.63, 3.8) is 0 Å². The van der Waals surface area contributed by atoms with Gasteiger partial charge in [0.25, 0.3) is 0 Å². The number of aliphatic hydroxyl groups is 5. The van der Waals surface area contributed by atoms with Crippen molar-refractivity contribution in [2.24, 2.45) is 0 Å². The number of allylic oxidation sites excluding steroid dienone is 3. The van der Waals surface area contributed by atoms with Crippen LogP contribution in [0, 0.1) is 0 Å². The number of rotatable bonds is 67. The normalized spacial score (nSPS) is 18.3. The molecule has 0 aromatic carbocycles. The van der Waals surface area contributed by atoms with Crippen LogP contribution in [0.15, 0.2) is 24.3 Å². The van der Waals surface area contributed by atoms with Crippen molar-refractivity contribution in [2.45, 2.75) is 436 Å². The molecular formula is C76H145NO10. The van der Waals surface area contributed by atoms with Gasteiger partial charge in [0.15, 0.2) is 12.4 Å². The first-order valence-corrected chi connectivity index (χ1v) is 38.1. The number of hydrogen-bond donors (Lipinski definition) is 6. The minimum Gasteiger partial charge on any atom is -0.454 e. The maximum atomic E-state index is 13.5. The molecule has 1 aliphatic heterocycles. The standard InChI is InChI=1S/C76H145NO10/c1-4-7-10-13-16-19-22-24-26-28-30-32-34-35-36-38-40-42-44-46-49-52-55-58-61-64-71(81)87-74-73(83)72(82)70(65-78)86-76(74)85-66-67(68(79)62-59-56-53-50-47-21-18-15-12-9-6-3)77-75(84)69(80)63-60-57-54-51-48-45-43-41-39-37-33-31-29-27-25-23-20-17-14-11-8-5-2/h24,26,59,62,67-70,72-74,76,78-80,82-83H,4-23,25,27-58,60-61,63-66H2,1-3H3,(H,77,84)/b26-24+,62-59+. The minimum atomic E-state index is -1.61. The minimum absolute atomic E-state index is 0.129. The summed E-state index contributed by atoms with van der Waals surface area (Å²) < 4.78 is 17.7. The molecule has 514 valence electrons. The van der Waals surface area contributed by atoms with Gasteiger partial charge in [0.05, 0.1) is 25.4 Å². The Morgan fingerprint density at radius 2 is 0.759 bits per heavy atom. The quantitative estimate of drug-likeness (QED) is 0.0195.